The zero-order valence-electron chi connectivity index (χ0n) is 15.6. The molecule has 1 aliphatic heterocycles. The van der Waals surface area contributed by atoms with Crippen molar-refractivity contribution in [1.29, 1.82) is 0 Å². The molecule has 0 aromatic heterocycles. The van der Waals surface area contributed by atoms with Crippen molar-refractivity contribution in [2.24, 2.45) is 20.9 Å². The Morgan fingerprint density at radius 2 is 1.75 bits per heavy atom. The van der Waals surface area contributed by atoms with Crippen molar-refractivity contribution in [3.63, 3.8) is 0 Å². The summed E-state index contributed by atoms with van der Waals surface area (Å²) in [5.41, 5.74) is 17.4. The summed E-state index contributed by atoms with van der Waals surface area (Å²) in [4.78, 5) is 4.47. The van der Waals surface area contributed by atoms with E-state index >= 15 is 0 Å². The Bertz CT molecular complexity index is 1040. The molecule has 28 heavy (non-hydrogen) atoms. The summed E-state index contributed by atoms with van der Waals surface area (Å²) in [5, 5.41) is 2.07. The van der Waals surface area contributed by atoms with Gasteiger partial charge in [0.25, 0.3) is 10.0 Å². The molecular weight excluding hydrogens is 376 g/mol. The van der Waals surface area contributed by atoms with Crippen molar-refractivity contribution in [2.45, 2.75) is 24.8 Å². The van der Waals surface area contributed by atoms with Crippen molar-refractivity contribution in [3.05, 3.63) is 65.9 Å². The van der Waals surface area contributed by atoms with Gasteiger partial charge in [-0.15, -0.1) is 4.40 Å². The number of aliphatic imine (C=N–C) groups is 1. The first-order chi connectivity index (χ1) is 13.3. The van der Waals surface area contributed by atoms with E-state index in [0.29, 0.717) is 5.69 Å². The van der Waals surface area contributed by atoms with E-state index in [9.17, 15) is 8.42 Å². The van der Waals surface area contributed by atoms with E-state index in [2.05, 4.69) is 26.7 Å². The van der Waals surface area contributed by atoms with Gasteiger partial charge in [-0.3, -0.25) is 10.0 Å². The molecule has 0 saturated carbocycles. The van der Waals surface area contributed by atoms with Crippen LogP contribution in [0.3, 0.4) is 0 Å². The van der Waals surface area contributed by atoms with Crippen molar-refractivity contribution in [1.82, 2.24) is 5.43 Å². The van der Waals surface area contributed by atoms with Gasteiger partial charge in [-0.1, -0.05) is 18.2 Å². The molecule has 146 valence electrons. The van der Waals surface area contributed by atoms with Gasteiger partial charge in [-0.2, -0.15) is 8.42 Å². The first-order valence-electron chi connectivity index (χ1n) is 8.59. The molecule has 1 heterocycles. The van der Waals surface area contributed by atoms with Gasteiger partial charge in [0.1, 0.15) is 0 Å². The Morgan fingerprint density at radius 1 is 1.11 bits per heavy atom. The number of sulfonamides is 1. The number of hydrogen-bond donors (Lipinski definition) is 3. The van der Waals surface area contributed by atoms with Crippen molar-refractivity contribution in [3.8, 4) is 0 Å². The van der Waals surface area contributed by atoms with E-state index in [-0.39, 0.29) is 10.9 Å². The quantitative estimate of drug-likeness (QED) is 0.523. The van der Waals surface area contributed by atoms with Crippen LogP contribution in [0.2, 0.25) is 0 Å². The number of anilines is 1. The van der Waals surface area contributed by atoms with E-state index in [4.69, 9.17) is 11.5 Å². The number of nitrogens with one attached hydrogen (secondary N) is 1. The van der Waals surface area contributed by atoms with Gasteiger partial charge in [0.15, 0.2) is 0 Å². The average Bonchev–Trinajstić information content (AvgIpc) is 2.94. The third-order valence-corrected chi connectivity index (χ3v) is 5.62. The summed E-state index contributed by atoms with van der Waals surface area (Å²) < 4.78 is 27.2. The molecule has 3 rings (SSSR count). The fraction of sp³-hybridized carbons (Fsp3) is 0.158. The lowest BCUT2D eigenvalue weighted by Gasteiger charge is -2.25. The van der Waals surface area contributed by atoms with E-state index < -0.39 is 16.0 Å². The van der Waals surface area contributed by atoms with Crippen molar-refractivity contribution in [2.75, 3.05) is 5.01 Å². The minimum atomic E-state index is -3.90. The van der Waals surface area contributed by atoms with Gasteiger partial charge >= 0.3 is 0 Å². The van der Waals surface area contributed by atoms with Crippen LogP contribution in [0.15, 0.2) is 80.2 Å². The maximum absolute atomic E-state index is 12.0. The second-order valence-electron chi connectivity index (χ2n) is 6.32. The van der Waals surface area contributed by atoms with E-state index in [0.717, 1.165) is 17.0 Å². The van der Waals surface area contributed by atoms with Crippen molar-refractivity contribution < 1.29 is 8.42 Å². The molecule has 8 nitrogen and oxygen atoms in total. The topological polar surface area (TPSA) is 126 Å². The lowest BCUT2D eigenvalue weighted by atomic mass is 10.1. The number of nitrogens with two attached hydrogens (primary N) is 2. The number of hydrogen-bond acceptors (Lipinski definition) is 5. The molecule has 5 N–H and O–H groups in total. The van der Waals surface area contributed by atoms with Gasteiger partial charge in [0.05, 0.1) is 22.3 Å². The third-order valence-electron chi connectivity index (χ3n) is 4.31. The van der Waals surface area contributed by atoms with Gasteiger partial charge < -0.3 is 16.9 Å². The monoisotopic (exact) mass is 398 g/mol. The molecule has 0 aliphatic carbocycles. The van der Waals surface area contributed by atoms with Gasteiger partial charge in [0, 0.05) is 17.5 Å². The highest BCUT2D eigenvalue weighted by Gasteiger charge is 2.26. The number of benzene rings is 2. The highest BCUT2D eigenvalue weighted by atomic mass is 32.2. The zero-order valence-corrected chi connectivity index (χ0v) is 16.4. The number of rotatable bonds is 5. The number of allylic oxidation sites excluding steroid dienone is 1. The Morgan fingerprint density at radius 3 is 2.36 bits per heavy atom. The molecule has 9 heteroatoms. The molecule has 2 aromatic carbocycles. The van der Waals surface area contributed by atoms with Crippen molar-refractivity contribution >= 4 is 33.6 Å². The predicted molar refractivity (Wildman–Crippen MR) is 112 cm³/mol. The average molecular weight is 398 g/mol. The molecule has 2 aromatic rings. The second-order valence-corrected chi connectivity index (χ2v) is 7.92. The molecule has 0 amide bonds. The highest BCUT2D eigenvalue weighted by Crippen LogP contribution is 2.26. The van der Waals surface area contributed by atoms with Crippen LogP contribution in [0, 0.1) is 0 Å². The maximum atomic E-state index is 12.0. The van der Waals surface area contributed by atoms with E-state index in [1.807, 2.05) is 37.3 Å². The van der Waals surface area contributed by atoms with Crippen LogP contribution in [0.25, 0.3) is 0 Å². The van der Waals surface area contributed by atoms with Crippen LogP contribution in [-0.2, 0) is 10.0 Å². The Balaban J connectivity index is 1.77. The molecule has 0 spiro atoms. The van der Waals surface area contributed by atoms with Crippen LogP contribution >= 0.6 is 0 Å². The fourth-order valence-electron chi connectivity index (χ4n) is 2.92. The standard InChI is InChI=1S/C19H22N6O2S/c1-13-18(14(2)25(23-13)16-6-4-3-5-7-16)12-22-15-8-10-17(11-9-15)28(26,27)24-19(20)21/h3-12,14,23H,1-2H3,(H4,20,21,24). The number of para-hydroxylation sites is 1. The highest BCUT2D eigenvalue weighted by molar-refractivity contribution is 7.90. The molecule has 1 unspecified atom stereocenters. The Labute approximate surface area is 164 Å². The minimum absolute atomic E-state index is 0.00130. The minimum Gasteiger partial charge on any atom is -0.369 e. The van der Waals surface area contributed by atoms with Crippen LogP contribution in [-0.4, -0.2) is 26.6 Å². The number of guanidine groups is 1. The summed E-state index contributed by atoms with van der Waals surface area (Å²) in [6.45, 7) is 4.08. The molecule has 0 radical (unpaired) electrons. The Kier molecular flexibility index (Phi) is 5.36. The summed E-state index contributed by atoms with van der Waals surface area (Å²) in [5.74, 6) is -0.504. The van der Waals surface area contributed by atoms with Crippen LogP contribution in [0.1, 0.15) is 13.8 Å². The van der Waals surface area contributed by atoms with E-state index in [1.165, 1.54) is 12.1 Å². The molecule has 0 saturated heterocycles. The van der Waals surface area contributed by atoms with Crippen LogP contribution < -0.4 is 21.9 Å². The van der Waals surface area contributed by atoms with Gasteiger partial charge in [-0.25, -0.2) is 0 Å². The molecule has 0 fully saturated rings. The fourth-order valence-corrected chi connectivity index (χ4v) is 3.78. The largest absolute Gasteiger partial charge is 0.369 e. The maximum Gasteiger partial charge on any atom is 0.285 e. The van der Waals surface area contributed by atoms with Crippen LogP contribution in [0.4, 0.5) is 11.4 Å². The lowest BCUT2D eigenvalue weighted by molar-refractivity contribution is 0.598. The first-order valence-corrected chi connectivity index (χ1v) is 10.0. The molecular formula is C19H22N6O2S. The summed E-state index contributed by atoms with van der Waals surface area (Å²) >= 11 is 0. The molecule has 1 atom stereocenters. The second kappa shape index (κ2) is 7.73. The lowest BCUT2D eigenvalue weighted by Crippen LogP contribution is -2.37. The number of hydrazine groups is 1. The summed E-state index contributed by atoms with van der Waals surface area (Å²) in [7, 11) is -3.90. The predicted octanol–water partition coefficient (Wildman–Crippen LogP) is 2.04. The van der Waals surface area contributed by atoms with E-state index in [1.54, 1.807) is 18.3 Å². The smallest absolute Gasteiger partial charge is 0.285 e. The third kappa shape index (κ3) is 4.15. The first kappa shape index (κ1) is 19.4. The van der Waals surface area contributed by atoms with Crippen LogP contribution in [0.5, 0.6) is 0 Å². The summed E-state index contributed by atoms with van der Waals surface area (Å²) in [6.07, 6.45) is 1.79. The zero-order chi connectivity index (χ0) is 20.3. The SMILES string of the molecule is CC1=C(C=Nc2ccc(S(=O)(=O)N=C(N)N)cc2)C(C)N(c2ccccc2)N1. The van der Waals surface area contributed by atoms with Gasteiger partial charge in [-0.05, 0) is 50.2 Å². The molecule has 0 bridgehead atoms. The Hall–Kier alpha value is -3.33. The normalized spacial score (nSPS) is 17.1. The van der Waals surface area contributed by atoms with Gasteiger partial charge in [0.2, 0.25) is 5.96 Å². The number of nitrogens with zero attached hydrogens (tertiary/aromatic N) is 3. The molecule has 1 aliphatic rings. The summed E-state index contributed by atoms with van der Waals surface area (Å²) in [6, 6.07) is 16.2.